The number of carbonyl (C=O) groups is 2. The fourth-order valence-electron chi connectivity index (χ4n) is 3.78. The number of carbonyl (C=O) groups excluding carboxylic acids is 2. The zero-order valence-corrected chi connectivity index (χ0v) is 13.7. The van der Waals surface area contributed by atoms with Gasteiger partial charge in [0.05, 0.1) is 12.1 Å². The number of hydrogen-bond acceptors (Lipinski definition) is 3. The van der Waals surface area contributed by atoms with Crippen LogP contribution in [0.15, 0.2) is 0 Å². The molecule has 2 aliphatic carbocycles. The van der Waals surface area contributed by atoms with Gasteiger partial charge in [0.2, 0.25) is 11.8 Å². The summed E-state index contributed by atoms with van der Waals surface area (Å²) in [5.41, 5.74) is -0.426. The first-order valence-electron chi connectivity index (χ1n) is 8.77. The van der Waals surface area contributed by atoms with Crippen LogP contribution in [0.1, 0.15) is 71.1 Å². The summed E-state index contributed by atoms with van der Waals surface area (Å²) in [5, 5.41) is 15.5. The van der Waals surface area contributed by atoms with Crippen LogP contribution < -0.4 is 10.6 Å². The van der Waals surface area contributed by atoms with Gasteiger partial charge in [-0.3, -0.25) is 9.59 Å². The van der Waals surface area contributed by atoms with Gasteiger partial charge in [-0.2, -0.15) is 0 Å². The molecule has 0 spiro atoms. The molecule has 0 aliphatic heterocycles. The summed E-state index contributed by atoms with van der Waals surface area (Å²) in [6.45, 7) is 1.88. The highest BCUT2D eigenvalue weighted by Crippen LogP contribution is 2.29. The highest BCUT2D eigenvalue weighted by atomic mass is 16.3. The minimum atomic E-state index is -0.426. The van der Waals surface area contributed by atoms with E-state index < -0.39 is 5.54 Å². The molecule has 2 saturated carbocycles. The maximum atomic E-state index is 12.2. The Labute approximate surface area is 133 Å². The Morgan fingerprint density at radius 3 is 2.36 bits per heavy atom. The van der Waals surface area contributed by atoms with Crippen LogP contribution in [0.5, 0.6) is 0 Å². The molecular formula is C17H30N2O3. The molecule has 5 nitrogen and oxygen atoms in total. The molecule has 0 aromatic carbocycles. The van der Waals surface area contributed by atoms with Crippen molar-refractivity contribution in [2.24, 2.45) is 5.92 Å². The van der Waals surface area contributed by atoms with E-state index in [-0.39, 0.29) is 36.8 Å². The number of aliphatic hydroxyl groups is 1. The standard InChI is InChI=1S/C17H30N2O3/c1-13(18-16(22)14-7-3-2-4-8-14)11-15(21)19-17(12-20)9-5-6-10-17/h13-14,20H,2-12H2,1H3,(H,18,22)(H,19,21). The van der Waals surface area contributed by atoms with E-state index in [9.17, 15) is 14.7 Å². The van der Waals surface area contributed by atoms with Crippen LogP contribution in [0, 0.1) is 5.92 Å². The molecule has 2 aliphatic rings. The van der Waals surface area contributed by atoms with Gasteiger partial charge in [-0.25, -0.2) is 0 Å². The van der Waals surface area contributed by atoms with E-state index in [1.165, 1.54) is 6.42 Å². The van der Waals surface area contributed by atoms with Gasteiger partial charge in [0.15, 0.2) is 0 Å². The maximum Gasteiger partial charge on any atom is 0.223 e. The lowest BCUT2D eigenvalue weighted by molar-refractivity contribution is -0.127. The van der Waals surface area contributed by atoms with Crippen molar-refractivity contribution < 1.29 is 14.7 Å². The van der Waals surface area contributed by atoms with Gasteiger partial charge < -0.3 is 15.7 Å². The minimum absolute atomic E-state index is 0.00154. The van der Waals surface area contributed by atoms with E-state index in [1.807, 2.05) is 6.92 Å². The van der Waals surface area contributed by atoms with Gasteiger partial charge in [-0.05, 0) is 32.6 Å². The summed E-state index contributed by atoms with van der Waals surface area (Å²) >= 11 is 0. The Bertz CT molecular complexity index is 385. The van der Waals surface area contributed by atoms with Crippen LogP contribution in [0.25, 0.3) is 0 Å². The molecule has 0 saturated heterocycles. The highest BCUT2D eigenvalue weighted by molar-refractivity contribution is 5.81. The normalized spacial score (nSPS) is 23.0. The molecule has 2 fully saturated rings. The van der Waals surface area contributed by atoms with Crippen molar-refractivity contribution in [2.75, 3.05) is 6.61 Å². The maximum absolute atomic E-state index is 12.2. The van der Waals surface area contributed by atoms with Crippen molar-refractivity contribution in [1.29, 1.82) is 0 Å². The van der Waals surface area contributed by atoms with Crippen molar-refractivity contribution in [3.8, 4) is 0 Å². The third-order valence-corrected chi connectivity index (χ3v) is 5.12. The Morgan fingerprint density at radius 1 is 1.14 bits per heavy atom. The molecule has 0 heterocycles. The average molecular weight is 310 g/mol. The average Bonchev–Trinajstić information content (AvgIpc) is 2.96. The fourth-order valence-corrected chi connectivity index (χ4v) is 3.78. The summed E-state index contributed by atoms with van der Waals surface area (Å²) in [4.78, 5) is 24.3. The van der Waals surface area contributed by atoms with Crippen molar-refractivity contribution in [3.63, 3.8) is 0 Å². The zero-order chi connectivity index (χ0) is 16.0. The molecule has 1 atom stereocenters. The summed E-state index contributed by atoms with van der Waals surface area (Å²) < 4.78 is 0. The van der Waals surface area contributed by atoms with Crippen LogP contribution in [-0.2, 0) is 9.59 Å². The first-order valence-corrected chi connectivity index (χ1v) is 8.77. The van der Waals surface area contributed by atoms with Crippen molar-refractivity contribution >= 4 is 11.8 Å². The number of amides is 2. The lowest BCUT2D eigenvalue weighted by atomic mass is 9.88. The first kappa shape index (κ1) is 17.3. The monoisotopic (exact) mass is 310 g/mol. The number of aliphatic hydroxyl groups excluding tert-OH is 1. The topological polar surface area (TPSA) is 78.4 Å². The number of rotatable bonds is 6. The molecule has 126 valence electrons. The van der Waals surface area contributed by atoms with Crippen LogP contribution in [0.2, 0.25) is 0 Å². The minimum Gasteiger partial charge on any atom is -0.394 e. The zero-order valence-electron chi connectivity index (χ0n) is 13.7. The van der Waals surface area contributed by atoms with Crippen LogP contribution in [0.4, 0.5) is 0 Å². The second-order valence-electron chi connectivity index (χ2n) is 7.14. The van der Waals surface area contributed by atoms with Crippen LogP contribution in [0.3, 0.4) is 0 Å². The van der Waals surface area contributed by atoms with E-state index in [4.69, 9.17) is 0 Å². The molecule has 0 bridgehead atoms. The van der Waals surface area contributed by atoms with E-state index in [0.29, 0.717) is 0 Å². The Morgan fingerprint density at radius 2 is 1.77 bits per heavy atom. The molecule has 0 aromatic heterocycles. The van der Waals surface area contributed by atoms with Gasteiger partial charge in [-0.1, -0.05) is 32.1 Å². The predicted molar refractivity (Wildman–Crippen MR) is 85.2 cm³/mol. The van der Waals surface area contributed by atoms with Gasteiger partial charge in [0, 0.05) is 18.4 Å². The van der Waals surface area contributed by atoms with Crippen molar-refractivity contribution in [3.05, 3.63) is 0 Å². The van der Waals surface area contributed by atoms with Crippen molar-refractivity contribution in [1.82, 2.24) is 10.6 Å². The number of hydrogen-bond donors (Lipinski definition) is 3. The Balaban J connectivity index is 1.74. The van der Waals surface area contributed by atoms with Gasteiger partial charge in [0.1, 0.15) is 0 Å². The molecule has 22 heavy (non-hydrogen) atoms. The predicted octanol–water partition coefficient (Wildman–Crippen LogP) is 1.88. The van der Waals surface area contributed by atoms with Crippen molar-refractivity contribution in [2.45, 2.75) is 82.7 Å². The Hall–Kier alpha value is -1.10. The fraction of sp³-hybridized carbons (Fsp3) is 0.882. The quantitative estimate of drug-likeness (QED) is 0.701. The summed E-state index contributed by atoms with van der Waals surface area (Å²) in [5.74, 6) is 0.142. The largest absolute Gasteiger partial charge is 0.394 e. The van der Waals surface area contributed by atoms with Gasteiger partial charge >= 0.3 is 0 Å². The Kier molecular flexibility index (Phi) is 6.24. The molecule has 5 heteroatoms. The highest BCUT2D eigenvalue weighted by Gasteiger charge is 2.34. The molecular weight excluding hydrogens is 280 g/mol. The second kappa shape index (κ2) is 7.95. The molecule has 3 N–H and O–H groups in total. The van der Waals surface area contributed by atoms with E-state index in [2.05, 4.69) is 10.6 Å². The summed E-state index contributed by atoms with van der Waals surface area (Å²) in [6.07, 6.45) is 9.50. The van der Waals surface area contributed by atoms with Gasteiger partial charge in [0.25, 0.3) is 0 Å². The van der Waals surface area contributed by atoms with E-state index in [1.54, 1.807) is 0 Å². The van der Waals surface area contributed by atoms with Gasteiger partial charge in [-0.15, -0.1) is 0 Å². The first-order chi connectivity index (χ1) is 10.5. The van der Waals surface area contributed by atoms with Crippen LogP contribution in [-0.4, -0.2) is 35.1 Å². The lowest BCUT2D eigenvalue weighted by Crippen LogP contribution is -2.51. The molecule has 2 rings (SSSR count). The molecule has 0 aromatic rings. The molecule has 2 amide bonds. The van der Waals surface area contributed by atoms with E-state index >= 15 is 0 Å². The molecule has 0 radical (unpaired) electrons. The SMILES string of the molecule is CC(CC(=O)NC1(CO)CCCC1)NC(=O)C1CCCCC1. The molecule has 1 unspecified atom stereocenters. The summed E-state index contributed by atoms with van der Waals surface area (Å²) in [7, 11) is 0. The second-order valence-corrected chi connectivity index (χ2v) is 7.14. The number of nitrogens with one attached hydrogen (secondary N) is 2. The summed E-state index contributed by atoms with van der Waals surface area (Å²) in [6, 6.07) is -0.161. The lowest BCUT2D eigenvalue weighted by Gasteiger charge is -2.29. The third kappa shape index (κ3) is 4.70. The van der Waals surface area contributed by atoms with Crippen LogP contribution >= 0.6 is 0 Å². The third-order valence-electron chi connectivity index (χ3n) is 5.12. The van der Waals surface area contributed by atoms with E-state index in [0.717, 1.165) is 51.4 Å². The smallest absolute Gasteiger partial charge is 0.223 e.